The molecule has 180 valence electrons. The number of morpholine rings is 1. The van der Waals surface area contributed by atoms with E-state index in [1.165, 1.54) is 22.5 Å². The van der Waals surface area contributed by atoms with Crippen molar-refractivity contribution >= 4 is 26.8 Å². The molecule has 2 heterocycles. The zero-order valence-electron chi connectivity index (χ0n) is 17.7. The number of ether oxygens (including phenoxy) is 1. The van der Waals surface area contributed by atoms with Gasteiger partial charge < -0.3 is 15.0 Å². The lowest BCUT2D eigenvalue weighted by Crippen LogP contribution is -2.47. The molecule has 1 amide bonds. The number of sulfonamides is 1. The molecule has 0 spiro atoms. The van der Waals surface area contributed by atoms with Gasteiger partial charge in [-0.3, -0.25) is 9.59 Å². The number of carbonyl (C=O) groups excluding carboxylic acids is 1. The number of halogens is 3. The highest BCUT2D eigenvalue weighted by molar-refractivity contribution is 7.89. The van der Waals surface area contributed by atoms with Crippen molar-refractivity contribution in [3.8, 4) is 0 Å². The summed E-state index contributed by atoms with van der Waals surface area (Å²) in [6.07, 6.45) is -3.38. The van der Waals surface area contributed by atoms with Crippen molar-refractivity contribution in [2.24, 2.45) is 5.92 Å². The normalized spacial score (nSPS) is 22.9. The predicted molar refractivity (Wildman–Crippen MR) is 113 cm³/mol. The van der Waals surface area contributed by atoms with Crippen molar-refractivity contribution < 1.29 is 31.1 Å². The second-order valence-corrected chi connectivity index (χ2v) is 10.2. The first-order valence-corrected chi connectivity index (χ1v) is 12.1. The minimum absolute atomic E-state index is 0.0769. The third kappa shape index (κ3) is 4.92. The summed E-state index contributed by atoms with van der Waals surface area (Å²) in [5.41, 5.74) is -0.573. The van der Waals surface area contributed by atoms with Crippen LogP contribution in [0.1, 0.15) is 36.0 Å². The Hall–Kier alpha value is -2.44. The number of nitrogens with one attached hydrogen (secondary N) is 2. The molecule has 4 rings (SSSR count). The van der Waals surface area contributed by atoms with E-state index >= 15 is 0 Å². The molecular formula is C21H24F3N3O5S. The van der Waals surface area contributed by atoms with Gasteiger partial charge in [-0.15, -0.1) is 0 Å². The summed E-state index contributed by atoms with van der Waals surface area (Å²) >= 11 is 0. The first kappa shape index (κ1) is 23.7. The zero-order chi connectivity index (χ0) is 23.8. The lowest BCUT2D eigenvalue weighted by atomic mass is 9.84. The highest BCUT2D eigenvalue weighted by Crippen LogP contribution is 2.38. The lowest BCUT2D eigenvalue weighted by molar-refractivity contribution is -0.187. The van der Waals surface area contributed by atoms with Crippen LogP contribution in [0.3, 0.4) is 0 Å². The van der Waals surface area contributed by atoms with E-state index in [0.29, 0.717) is 12.8 Å². The topological polar surface area (TPSA) is 109 Å². The van der Waals surface area contributed by atoms with Crippen molar-refractivity contribution in [1.29, 1.82) is 0 Å². The van der Waals surface area contributed by atoms with Crippen LogP contribution in [-0.4, -0.2) is 62.1 Å². The van der Waals surface area contributed by atoms with E-state index in [-0.39, 0.29) is 60.5 Å². The van der Waals surface area contributed by atoms with Gasteiger partial charge in [0.05, 0.1) is 29.6 Å². The maximum Gasteiger partial charge on any atom is 0.393 e. The molecule has 8 nitrogen and oxygen atoms in total. The number of aromatic nitrogens is 1. The lowest BCUT2D eigenvalue weighted by Gasteiger charge is -2.33. The SMILES string of the molecule is O=C(NC1CCCCC1C(F)(F)F)c1cc(=O)[nH]c2ccc(S(=O)(=O)N3CCOCC3)cc12. The quantitative estimate of drug-likeness (QED) is 0.689. The molecule has 2 aromatic rings. The Labute approximate surface area is 188 Å². The molecule has 0 radical (unpaired) electrons. The van der Waals surface area contributed by atoms with Crippen molar-refractivity contribution in [1.82, 2.24) is 14.6 Å². The molecule has 2 N–H and O–H groups in total. The Balaban J connectivity index is 1.70. The Morgan fingerprint density at radius 2 is 1.82 bits per heavy atom. The van der Waals surface area contributed by atoms with Gasteiger partial charge in [0.15, 0.2) is 0 Å². The number of fused-ring (bicyclic) bond motifs is 1. The smallest absolute Gasteiger partial charge is 0.379 e. The number of hydrogen-bond acceptors (Lipinski definition) is 5. The van der Waals surface area contributed by atoms with E-state index in [1.807, 2.05) is 0 Å². The molecule has 0 bridgehead atoms. The number of alkyl halides is 3. The van der Waals surface area contributed by atoms with Crippen LogP contribution in [0.5, 0.6) is 0 Å². The summed E-state index contributed by atoms with van der Waals surface area (Å²) in [5.74, 6) is -2.51. The second-order valence-electron chi connectivity index (χ2n) is 8.28. The number of aromatic amines is 1. The van der Waals surface area contributed by atoms with E-state index in [0.717, 1.165) is 6.07 Å². The fraction of sp³-hybridized carbons (Fsp3) is 0.524. The van der Waals surface area contributed by atoms with Crippen LogP contribution in [0.25, 0.3) is 10.9 Å². The van der Waals surface area contributed by atoms with E-state index in [2.05, 4.69) is 10.3 Å². The Bertz CT molecular complexity index is 1210. The van der Waals surface area contributed by atoms with Gasteiger partial charge in [-0.05, 0) is 31.0 Å². The first-order valence-electron chi connectivity index (χ1n) is 10.7. The van der Waals surface area contributed by atoms with E-state index < -0.39 is 39.6 Å². The van der Waals surface area contributed by atoms with Crippen LogP contribution >= 0.6 is 0 Å². The van der Waals surface area contributed by atoms with Crippen LogP contribution in [0.2, 0.25) is 0 Å². The van der Waals surface area contributed by atoms with E-state index in [1.54, 1.807) is 0 Å². The fourth-order valence-electron chi connectivity index (χ4n) is 4.46. The molecule has 2 fully saturated rings. The standard InChI is InChI=1S/C21H24F3N3O5S/c22-21(23,24)16-3-1-2-4-18(16)26-20(29)15-12-19(28)25-17-6-5-13(11-14(15)17)33(30,31)27-7-9-32-10-8-27/h5-6,11-12,16,18H,1-4,7-10H2,(H,25,28)(H,26,29). The van der Waals surface area contributed by atoms with Gasteiger partial charge in [0, 0.05) is 36.1 Å². The van der Waals surface area contributed by atoms with Gasteiger partial charge in [-0.25, -0.2) is 8.42 Å². The largest absolute Gasteiger partial charge is 0.393 e. The minimum atomic E-state index is -4.45. The molecule has 1 aliphatic carbocycles. The van der Waals surface area contributed by atoms with Gasteiger partial charge in [-0.1, -0.05) is 12.8 Å². The van der Waals surface area contributed by atoms with Crippen LogP contribution in [-0.2, 0) is 14.8 Å². The molecule has 1 aliphatic heterocycles. The highest BCUT2D eigenvalue weighted by Gasteiger charge is 2.46. The van der Waals surface area contributed by atoms with Crippen LogP contribution in [0, 0.1) is 5.92 Å². The average molecular weight is 488 g/mol. The molecule has 2 atom stereocenters. The summed E-state index contributed by atoms with van der Waals surface area (Å²) in [5, 5.41) is 2.58. The molecule has 2 aliphatic rings. The molecular weight excluding hydrogens is 463 g/mol. The Morgan fingerprint density at radius 1 is 1.12 bits per heavy atom. The predicted octanol–water partition coefficient (Wildman–Crippen LogP) is 2.40. The summed E-state index contributed by atoms with van der Waals surface area (Å²) < 4.78 is 72.8. The van der Waals surface area contributed by atoms with Crippen LogP contribution in [0.15, 0.2) is 34.0 Å². The molecule has 1 saturated carbocycles. The molecule has 1 saturated heterocycles. The second kappa shape index (κ2) is 9.07. The molecule has 12 heteroatoms. The average Bonchev–Trinajstić information content (AvgIpc) is 2.78. The number of amides is 1. The molecule has 33 heavy (non-hydrogen) atoms. The summed E-state index contributed by atoms with van der Waals surface area (Å²) in [6.45, 7) is 0.880. The van der Waals surface area contributed by atoms with Crippen LogP contribution in [0.4, 0.5) is 13.2 Å². The van der Waals surface area contributed by atoms with Crippen molar-refractivity contribution in [2.45, 2.75) is 42.8 Å². The Morgan fingerprint density at radius 3 is 2.52 bits per heavy atom. The fourth-order valence-corrected chi connectivity index (χ4v) is 5.89. The number of benzene rings is 1. The number of rotatable bonds is 4. The van der Waals surface area contributed by atoms with Gasteiger partial charge in [0.1, 0.15) is 0 Å². The molecule has 1 aromatic carbocycles. The third-order valence-corrected chi connectivity index (χ3v) is 8.06. The zero-order valence-corrected chi connectivity index (χ0v) is 18.5. The minimum Gasteiger partial charge on any atom is -0.379 e. The van der Waals surface area contributed by atoms with Crippen LogP contribution < -0.4 is 10.9 Å². The van der Waals surface area contributed by atoms with Gasteiger partial charge in [0.2, 0.25) is 15.6 Å². The van der Waals surface area contributed by atoms with Gasteiger partial charge in [-0.2, -0.15) is 17.5 Å². The first-order chi connectivity index (χ1) is 15.6. The number of H-pyrrole nitrogens is 1. The monoisotopic (exact) mass is 487 g/mol. The van der Waals surface area contributed by atoms with Crippen molar-refractivity contribution in [3.63, 3.8) is 0 Å². The van der Waals surface area contributed by atoms with Gasteiger partial charge >= 0.3 is 6.18 Å². The summed E-state index contributed by atoms with van der Waals surface area (Å²) in [7, 11) is -3.88. The Kier molecular flexibility index (Phi) is 6.52. The van der Waals surface area contributed by atoms with Crippen molar-refractivity contribution in [2.75, 3.05) is 26.3 Å². The third-order valence-electron chi connectivity index (χ3n) is 6.17. The van der Waals surface area contributed by atoms with E-state index in [4.69, 9.17) is 4.74 Å². The number of pyridine rings is 1. The van der Waals surface area contributed by atoms with Crippen molar-refractivity contribution in [3.05, 3.63) is 40.2 Å². The maximum absolute atomic E-state index is 13.4. The number of carbonyl (C=O) groups is 1. The summed E-state index contributed by atoms with van der Waals surface area (Å²) in [4.78, 5) is 27.6. The molecule has 1 aromatic heterocycles. The number of nitrogens with zero attached hydrogens (tertiary/aromatic N) is 1. The number of hydrogen-bond donors (Lipinski definition) is 2. The summed E-state index contributed by atoms with van der Waals surface area (Å²) in [6, 6.07) is 3.84. The van der Waals surface area contributed by atoms with E-state index in [9.17, 15) is 31.2 Å². The highest BCUT2D eigenvalue weighted by atomic mass is 32.2. The van der Waals surface area contributed by atoms with Gasteiger partial charge in [0.25, 0.3) is 5.91 Å². The molecule has 2 unspecified atom stereocenters. The maximum atomic E-state index is 13.4.